The quantitative estimate of drug-likeness (QED) is 0.481. The molecule has 0 amide bonds. The maximum absolute atomic E-state index is 12.6. The van der Waals surface area contributed by atoms with E-state index in [4.69, 9.17) is 9.84 Å². The molecule has 0 saturated heterocycles. The fraction of sp³-hybridized carbons (Fsp3) is 0.353. The van der Waals surface area contributed by atoms with Crippen LogP contribution in [0.25, 0.3) is 0 Å². The molecule has 1 aliphatic rings. The molecule has 1 atom stereocenters. The molecule has 7 nitrogen and oxygen atoms in total. The van der Waals surface area contributed by atoms with Crippen molar-refractivity contribution in [1.82, 2.24) is 4.90 Å². The Morgan fingerprint density at radius 2 is 2.28 bits per heavy atom. The van der Waals surface area contributed by atoms with Gasteiger partial charge in [0.15, 0.2) is 0 Å². The van der Waals surface area contributed by atoms with E-state index >= 15 is 0 Å². The molecule has 8 heteroatoms. The third kappa shape index (κ3) is 3.87. The van der Waals surface area contributed by atoms with Gasteiger partial charge in [-0.2, -0.15) is 0 Å². The zero-order valence-electron chi connectivity index (χ0n) is 13.5. The van der Waals surface area contributed by atoms with E-state index in [1.807, 2.05) is 16.3 Å². The van der Waals surface area contributed by atoms with Gasteiger partial charge >= 0.3 is 5.97 Å². The molecule has 132 valence electrons. The number of thiophene rings is 1. The zero-order valence-corrected chi connectivity index (χ0v) is 14.3. The predicted octanol–water partition coefficient (Wildman–Crippen LogP) is 2.29. The number of esters is 1. The Bertz CT molecular complexity index is 776. The fourth-order valence-electron chi connectivity index (χ4n) is 3.02. The minimum Gasteiger partial charge on any atom is -0.462 e. The van der Waals surface area contributed by atoms with Crippen molar-refractivity contribution in [1.29, 1.82) is 0 Å². The van der Waals surface area contributed by atoms with Crippen molar-refractivity contribution >= 4 is 23.0 Å². The summed E-state index contributed by atoms with van der Waals surface area (Å²) in [5, 5.41) is 22.0. The van der Waals surface area contributed by atoms with Crippen molar-refractivity contribution in [2.45, 2.75) is 19.0 Å². The van der Waals surface area contributed by atoms with Gasteiger partial charge in [0.1, 0.15) is 12.6 Å². The van der Waals surface area contributed by atoms with Gasteiger partial charge < -0.3 is 9.84 Å². The van der Waals surface area contributed by atoms with E-state index in [9.17, 15) is 14.9 Å². The molecule has 1 aromatic heterocycles. The van der Waals surface area contributed by atoms with Crippen LogP contribution >= 0.6 is 11.3 Å². The van der Waals surface area contributed by atoms with Crippen LogP contribution in [-0.4, -0.2) is 40.7 Å². The van der Waals surface area contributed by atoms with Crippen LogP contribution in [0.3, 0.4) is 0 Å². The van der Waals surface area contributed by atoms with Crippen LogP contribution in [0.5, 0.6) is 0 Å². The van der Waals surface area contributed by atoms with Gasteiger partial charge in [0.25, 0.3) is 5.69 Å². The molecule has 1 unspecified atom stereocenters. The standard InChI is InChI=1S/C17H18N2O5S/c20-7-8-24-17(21)16(12-2-1-3-14(10-12)19(22)23)18-6-4-15-13(11-18)5-9-25-15/h1-3,5,9-10,16,20H,4,6-8,11H2. The highest BCUT2D eigenvalue weighted by Crippen LogP contribution is 2.32. The van der Waals surface area contributed by atoms with Gasteiger partial charge in [0.05, 0.1) is 11.5 Å². The topological polar surface area (TPSA) is 92.9 Å². The molecule has 3 rings (SSSR count). The number of nitrogens with zero attached hydrogens (tertiary/aromatic N) is 2. The van der Waals surface area contributed by atoms with E-state index in [0.717, 1.165) is 6.42 Å². The number of hydrogen-bond acceptors (Lipinski definition) is 7. The lowest BCUT2D eigenvalue weighted by molar-refractivity contribution is -0.384. The summed E-state index contributed by atoms with van der Waals surface area (Å²) in [6, 6.07) is 7.37. The van der Waals surface area contributed by atoms with Gasteiger partial charge in [-0.25, -0.2) is 4.79 Å². The smallest absolute Gasteiger partial charge is 0.328 e. The van der Waals surface area contributed by atoms with E-state index in [0.29, 0.717) is 18.7 Å². The molecule has 0 spiro atoms. The van der Waals surface area contributed by atoms with Gasteiger partial charge in [-0.15, -0.1) is 11.3 Å². The predicted molar refractivity (Wildman–Crippen MR) is 92.3 cm³/mol. The second-order valence-corrected chi connectivity index (χ2v) is 6.74. The van der Waals surface area contributed by atoms with E-state index in [1.165, 1.54) is 22.6 Å². The van der Waals surface area contributed by atoms with Crippen LogP contribution in [0.2, 0.25) is 0 Å². The summed E-state index contributed by atoms with van der Waals surface area (Å²) in [5.74, 6) is -0.506. The Labute approximate surface area is 148 Å². The molecule has 25 heavy (non-hydrogen) atoms. The van der Waals surface area contributed by atoms with Crippen LogP contribution in [0.15, 0.2) is 35.7 Å². The third-order valence-electron chi connectivity index (χ3n) is 4.16. The first-order valence-electron chi connectivity index (χ1n) is 7.91. The lowest BCUT2D eigenvalue weighted by Crippen LogP contribution is -2.38. The molecule has 1 aromatic carbocycles. The molecule has 1 N–H and O–H groups in total. The average molecular weight is 362 g/mol. The molecular weight excluding hydrogens is 344 g/mol. The number of fused-ring (bicyclic) bond motifs is 1. The summed E-state index contributed by atoms with van der Waals surface area (Å²) >= 11 is 1.70. The van der Waals surface area contributed by atoms with Gasteiger partial charge in [-0.1, -0.05) is 12.1 Å². The monoisotopic (exact) mass is 362 g/mol. The Kier molecular flexibility index (Phi) is 5.42. The summed E-state index contributed by atoms with van der Waals surface area (Å²) in [6.45, 7) is 0.888. The summed E-state index contributed by atoms with van der Waals surface area (Å²) < 4.78 is 5.13. The van der Waals surface area contributed by atoms with Gasteiger partial charge in [-0.05, 0) is 29.0 Å². The van der Waals surface area contributed by atoms with E-state index in [-0.39, 0.29) is 18.9 Å². The molecule has 0 aliphatic carbocycles. The second-order valence-electron chi connectivity index (χ2n) is 5.74. The Balaban J connectivity index is 1.91. The van der Waals surface area contributed by atoms with E-state index in [1.54, 1.807) is 23.5 Å². The molecule has 0 radical (unpaired) electrons. The number of non-ortho nitro benzene ring substituents is 1. The maximum Gasteiger partial charge on any atom is 0.328 e. The summed E-state index contributed by atoms with van der Waals surface area (Å²) in [5.41, 5.74) is 1.63. The number of rotatable bonds is 6. The van der Waals surface area contributed by atoms with Crippen LogP contribution < -0.4 is 0 Å². The highest BCUT2D eigenvalue weighted by molar-refractivity contribution is 7.10. The van der Waals surface area contributed by atoms with Crippen molar-refractivity contribution in [2.75, 3.05) is 19.8 Å². The number of ether oxygens (including phenoxy) is 1. The Morgan fingerprint density at radius 1 is 1.44 bits per heavy atom. The summed E-state index contributed by atoms with van der Waals surface area (Å²) in [7, 11) is 0. The van der Waals surface area contributed by atoms with Crippen molar-refractivity contribution in [3.8, 4) is 0 Å². The number of benzene rings is 1. The number of aliphatic hydroxyl groups excluding tert-OH is 1. The normalized spacial score (nSPS) is 15.4. The van der Waals surface area contributed by atoms with Gasteiger partial charge in [-0.3, -0.25) is 15.0 Å². The largest absolute Gasteiger partial charge is 0.462 e. The SMILES string of the molecule is O=C(OCCO)C(c1cccc([N+](=O)[O-])c1)N1CCc2sccc2C1. The van der Waals surface area contributed by atoms with Crippen LogP contribution in [-0.2, 0) is 22.5 Å². The summed E-state index contributed by atoms with van der Waals surface area (Å²) in [4.78, 5) is 26.4. The number of carbonyl (C=O) groups is 1. The lowest BCUT2D eigenvalue weighted by atomic mass is 10.0. The van der Waals surface area contributed by atoms with E-state index in [2.05, 4.69) is 0 Å². The molecule has 0 bridgehead atoms. The number of hydrogen-bond donors (Lipinski definition) is 1. The molecule has 2 heterocycles. The Hall–Kier alpha value is -2.29. The highest BCUT2D eigenvalue weighted by Gasteiger charge is 2.32. The molecule has 2 aromatic rings. The van der Waals surface area contributed by atoms with Crippen molar-refractivity contribution in [3.63, 3.8) is 0 Å². The zero-order chi connectivity index (χ0) is 17.8. The van der Waals surface area contributed by atoms with Gasteiger partial charge in [0.2, 0.25) is 0 Å². The Morgan fingerprint density at radius 3 is 3.04 bits per heavy atom. The van der Waals surface area contributed by atoms with Crippen LogP contribution in [0, 0.1) is 10.1 Å². The minimum atomic E-state index is -0.737. The maximum atomic E-state index is 12.6. The highest BCUT2D eigenvalue weighted by atomic mass is 32.1. The van der Waals surface area contributed by atoms with E-state index < -0.39 is 16.9 Å². The third-order valence-corrected chi connectivity index (χ3v) is 5.18. The van der Waals surface area contributed by atoms with Gasteiger partial charge in [0, 0.05) is 30.1 Å². The summed E-state index contributed by atoms with van der Waals surface area (Å²) in [6.07, 6.45) is 0.825. The first-order valence-corrected chi connectivity index (χ1v) is 8.79. The molecule has 0 fully saturated rings. The lowest BCUT2D eigenvalue weighted by Gasteiger charge is -2.33. The first kappa shape index (κ1) is 17.5. The number of nitro benzene ring substituents is 1. The van der Waals surface area contributed by atoms with Crippen molar-refractivity contribution in [2.24, 2.45) is 0 Å². The first-order chi connectivity index (χ1) is 12.1. The van der Waals surface area contributed by atoms with Crippen LogP contribution in [0.4, 0.5) is 5.69 Å². The molecule has 0 saturated carbocycles. The second kappa shape index (κ2) is 7.73. The number of aliphatic hydroxyl groups is 1. The van der Waals surface area contributed by atoms with Crippen molar-refractivity contribution < 1.29 is 19.6 Å². The minimum absolute atomic E-state index is 0.0642. The number of carbonyl (C=O) groups excluding carboxylic acids is 1. The van der Waals surface area contributed by atoms with Crippen LogP contribution in [0.1, 0.15) is 22.0 Å². The number of nitro groups is 1. The molecular formula is C17H18N2O5S. The average Bonchev–Trinajstić information content (AvgIpc) is 3.08. The van der Waals surface area contributed by atoms with Crippen molar-refractivity contribution in [3.05, 3.63) is 61.8 Å². The fourth-order valence-corrected chi connectivity index (χ4v) is 3.91. The molecule has 1 aliphatic heterocycles.